The standard InChI is InChI=1S/C20H21FN2O3/c21-18-9-5-4-8-17(18)20(25)22-15-10-12-23(13-11-15)19(24)14-26-16-6-2-1-3-7-16/h1-9,15H,10-14H2,(H,22,25). The van der Waals surface area contributed by atoms with Gasteiger partial charge in [-0.15, -0.1) is 0 Å². The average Bonchev–Trinajstić information content (AvgIpc) is 2.68. The van der Waals surface area contributed by atoms with Crippen molar-refractivity contribution in [3.05, 3.63) is 66.0 Å². The molecule has 1 heterocycles. The van der Waals surface area contributed by atoms with Gasteiger partial charge in [0.25, 0.3) is 11.8 Å². The van der Waals surface area contributed by atoms with Crippen molar-refractivity contribution in [2.24, 2.45) is 0 Å². The second kappa shape index (κ2) is 8.47. The van der Waals surface area contributed by atoms with Crippen LogP contribution >= 0.6 is 0 Å². The van der Waals surface area contributed by atoms with E-state index in [2.05, 4.69) is 5.32 Å². The Hall–Kier alpha value is -2.89. The molecule has 1 aliphatic rings. The summed E-state index contributed by atoms with van der Waals surface area (Å²) in [6.45, 7) is 1.08. The molecule has 0 saturated carbocycles. The third-order valence-corrected chi connectivity index (χ3v) is 4.41. The highest BCUT2D eigenvalue weighted by Gasteiger charge is 2.25. The first-order chi connectivity index (χ1) is 12.6. The second-order valence-electron chi connectivity index (χ2n) is 6.21. The number of benzene rings is 2. The van der Waals surface area contributed by atoms with Gasteiger partial charge in [-0.3, -0.25) is 9.59 Å². The number of halogens is 1. The molecule has 2 aromatic carbocycles. The predicted molar refractivity (Wildman–Crippen MR) is 95.4 cm³/mol. The number of likely N-dealkylation sites (tertiary alicyclic amines) is 1. The topological polar surface area (TPSA) is 58.6 Å². The molecule has 0 spiro atoms. The number of hydrogen-bond donors (Lipinski definition) is 1. The van der Waals surface area contributed by atoms with E-state index >= 15 is 0 Å². The van der Waals surface area contributed by atoms with Crippen molar-refractivity contribution in [3.63, 3.8) is 0 Å². The van der Waals surface area contributed by atoms with E-state index in [9.17, 15) is 14.0 Å². The number of piperidine rings is 1. The summed E-state index contributed by atoms with van der Waals surface area (Å²) < 4.78 is 19.1. The monoisotopic (exact) mass is 356 g/mol. The van der Waals surface area contributed by atoms with Crippen LogP contribution in [-0.4, -0.2) is 42.5 Å². The van der Waals surface area contributed by atoms with Gasteiger partial charge in [-0.25, -0.2) is 4.39 Å². The predicted octanol–water partition coefficient (Wildman–Crippen LogP) is 2.63. The molecule has 1 aliphatic heterocycles. The first-order valence-corrected chi connectivity index (χ1v) is 8.64. The molecule has 26 heavy (non-hydrogen) atoms. The van der Waals surface area contributed by atoms with Gasteiger partial charge in [0.15, 0.2) is 6.61 Å². The Morgan fingerprint density at radius 3 is 2.38 bits per heavy atom. The number of amides is 2. The maximum Gasteiger partial charge on any atom is 0.260 e. The molecule has 0 aliphatic carbocycles. The van der Waals surface area contributed by atoms with Crippen molar-refractivity contribution < 1.29 is 18.7 Å². The van der Waals surface area contributed by atoms with E-state index in [1.165, 1.54) is 12.1 Å². The number of nitrogens with zero attached hydrogens (tertiary/aromatic N) is 1. The zero-order valence-electron chi connectivity index (χ0n) is 14.4. The van der Waals surface area contributed by atoms with E-state index in [4.69, 9.17) is 4.74 Å². The molecule has 3 rings (SSSR count). The fourth-order valence-electron chi connectivity index (χ4n) is 2.93. The van der Waals surface area contributed by atoms with E-state index in [0.717, 1.165) is 0 Å². The third kappa shape index (κ3) is 4.59. The van der Waals surface area contributed by atoms with E-state index in [0.29, 0.717) is 31.7 Å². The Morgan fingerprint density at radius 1 is 1.04 bits per heavy atom. The molecule has 0 radical (unpaired) electrons. The normalized spacial score (nSPS) is 14.7. The SMILES string of the molecule is O=C(NC1CCN(C(=O)COc2ccccc2)CC1)c1ccccc1F. The largest absolute Gasteiger partial charge is 0.484 e. The summed E-state index contributed by atoms with van der Waals surface area (Å²) in [4.78, 5) is 26.1. The molecule has 6 heteroatoms. The van der Waals surface area contributed by atoms with E-state index in [1.807, 2.05) is 18.2 Å². The zero-order valence-corrected chi connectivity index (χ0v) is 14.4. The van der Waals surface area contributed by atoms with Gasteiger partial charge in [0, 0.05) is 19.1 Å². The molecule has 2 amide bonds. The van der Waals surface area contributed by atoms with Gasteiger partial charge >= 0.3 is 0 Å². The zero-order chi connectivity index (χ0) is 18.4. The molecular weight excluding hydrogens is 335 g/mol. The van der Waals surface area contributed by atoms with Crippen LogP contribution in [0.2, 0.25) is 0 Å². The molecule has 0 bridgehead atoms. The van der Waals surface area contributed by atoms with Gasteiger partial charge in [-0.2, -0.15) is 0 Å². The number of nitrogens with one attached hydrogen (secondary N) is 1. The third-order valence-electron chi connectivity index (χ3n) is 4.41. The molecule has 0 unspecified atom stereocenters. The molecule has 1 saturated heterocycles. The van der Waals surface area contributed by atoms with Crippen LogP contribution in [0.1, 0.15) is 23.2 Å². The van der Waals surface area contributed by atoms with Crippen molar-refractivity contribution in [3.8, 4) is 5.75 Å². The van der Waals surface area contributed by atoms with Gasteiger partial charge in [-0.05, 0) is 37.1 Å². The van der Waals surface area contributed by atoms with Gasteiger partial charge in [-0.1, -0.05) is 30.3 Å². The lowest BCUT2D eigenvalue weighted by Crippen LogP contribution is -2.47. The number of hydrogen-bond acceptors (Lipinski definition) is 3. The number of ether oxygens (including phenoxy) is 1. The molecular formula is C20H21FN2O3. The van der Waals surface area contributed by atoms with E-state index < -0.39 is 11.7 Å². The Bertz CT molecular complexity index is 759. The van der Waals surface area contributed by atoms with Crippen LogP contribution in [0.3, 0.4) is 0 Å². The van der Waals surface area contributed by atoms with Crippen LogP contribution < -0.4 is 10.1 Å². The number of para-hydroxylation sites is 1. The molecule has 5 nitrogen and oxygen atoms in total. The number of rotatable bonds is 5. The van der Waals surface area contributed by atoms with Crippen LogP contribution in [0.15, 0.2) is 54.6 Å². The van der Waals surface area contributed by atoms with Crippen molar-refractivity contribution in [2.75, 3.05) is 19.7 Å². The molecule has 0 atom stereocenters. The summed E-state index contributed by atoms with van der Waals surface area (Å²) in [6.07, 6.45) is 1.27. The lowest BCUT2D eigenvalue weighted by atomic mass is 10.0. The maximum atomic E-state index is 13.7. The first-order valence-electron chi connectivity index (χ1n) is 8.64. The van der Waals surface area contributed by atoms with Gasteiger partial charge in [0.2, 0.25) is 0 Å². The molecule has 2 aromatic rings. The van der Waals surface area contributed by atoms with Crippen molar-refractivity contribution in [1.82, 2.24) is 10.2 Å². The lowest BCUT2D eigenvalue weighted by Gasteiger charge is -2.32. The molecule has 1 fully saturated rings. The van der Waals surface area contributed by atoms with Crippen molar-refractivity contribution in [2.45, 2.75) is 18.9 Å². The van der Waals surface area contributed by atoms with E-state index in [1.54, 1.807) is 29.2 Å². The summed E-state index contributed by atoms with van der Waals surface area (Å²) in [5, 5.41) is 2.85. The summed E-state index contributed by atoms with van der Waals surface area (Å²) >= 11 is 0. The Labute approximate surface area is 151 Å². The van der Waals surface area contributed by atoms with Crippen LogP contribution in [-0.2, 0) is 4.79 Å². The van der Waals surface area contributed by atoms with Crippen LogP contribution in [0, 0.1) is 5.82 Å². The second-order valence-corrected chi connectivity index (χ2v) is 6.21. The molecule has 1 N–H and O–H groups in total. The summed E-state index contributed by atoms with van der Waals surface area (Å²) in [5.41, 5.74) is 0.0438. The Balaban J connectivity index is 1.44. The lowest BCUT2D eigenvalue weighted by molar-refractivity contribution is -0.134. The van der Waals surface area contributed by atoms with Crippen molar-refractivity contribution in [1.29, 1.82) is 0 Å². The van der Waals surface area contributed by atoms with Gasteiger partial charge in [0.05, 0.1) is 5.56 Å². The summed E-state index contributed by atoms with van der Waals surface area (Å²) in [7, 11) is 0. The molecule has 136 valence electrons. The quantitative estimate of drug-likeness (QED) is 0.896. The van der Waals surface area contributed by atoms with Crippen LogP contribution in [0.25, 0.3) is 0 Å². The average molecular weight is 356 g/mol. The van der Waals surface area contributed by atoms with Crippen LogP contribution in [0.5, 0.6) is 5.75 Å². The van der Waals surface area contributed by atoms with Crippen LogP contribution in [0.4, 0.5) is 4.39 Å². The number of carbonyl (C=O) groups is 2. The highest BCUT2D eigenvalue weighted by Crippen LogP contribution is 2.14. The highest BCUT2D eigenvalue weighted by molar-refractivity contribution is 5.94. The minimum Gasteiger partial charge on any atom is -0.484 e. The van der Waals surface area contributed by atoms with E-state index in [-0.39, 0.29) is 24.1 Å². The summed E-state index contributed by atoms with van der Waals surface area (Å²) in [6, 6.07) is 15.0. The van der Waals surface area contributed by atoms with Gasteiger partial charge in [0.1, 0.15) is 11.6 Å². The smallest absolute Gasteiger partial charge is 0.260 e. The van der Waals surface area contributed by atoms with Gasteiger partial charge < -0.3 is 15.0 Å². The highest BCUT2D eigenvalue weighted by atomic mass is 19.1. The first kappa shape index (κ1) is 17.9. The number of carbonyl (C=O) groups excluding carboxylic acids is 2. The summed E-state index contributed by atoms with van der Waals surface area (Å²) in [5.74, 6) is -0.364. The fraction of sp³-hybridized carbons (Fsp3) is 0.300. The maximum absolute atomic E-state index is 13.7. The Morgan fingerprint density at radius 2 is 1.69 bits per heavy atom. The minimum atomic E-state index is -0.532. The minimum absolute atomic E-state index is 0.00370. The van der Waals surface area contributed by atoms with Crippen molar-refractivity contribution >= 4 is 11.8 Å². The fourth-order valence-corrected chi connectivity index (χ4v) is 2.93. The molecule has 0 aromatic heterocycles. The Kier molecular flexibility index (Phi) is 5.84.